The first-order valence-electron chi connectivity index (χ1n) is 16.0. The van der Waals surface area contributed by atoms with Crippen molar-refractivity contribution in [1.82, 2.24) is 0 Å². The molecule has 0 atom stereocenters. The van der Waals surface area contributed by atoms with Crippen LogP contribution in [0.4, 0.5) is 0 Å². The fourth-order valence-electron chi connectivity index (χ4n) is 8.00. The van der Waals surface area contributed by atoms with E-state index < -0.39 is 8.07 Å². The van der Waals surface area contributed by atoms with Crippen LogP contribution in [0.15, 0.2) is 164 Å². The van der Waals surface area contributed by atoms with Crippen LogP contribution < -0.4 is 46.6 Å². The van der Waals surface area contributed by atoms with Gasteiger partial charge in [-0.25, -0.2) is 0 Å². The van der Waals surface area contributed by atoms with Crippen molar-refractivity contribution in [1.29, 1.82) is 0 Å². The molecule has 0 bridgehead atoms. The minimum Gasteiger partial charge on any atom is -0.458 e. The van der Waals surface area contributed by atoms with E-state index in [4.69, 9.17) is 9.47 Å². The number of fused-ring (bicyclic) bond motifs is 7. The summed E-state index contributed by atoms with van der Waals surface area (Å²) in [5.41, 5.74) is 3.46. The average molecular weight is 635 g/mol. The third kappa shape index (κ3) is 3.84. The molecule has 10 rings (SSSR count). The first kappa shape index (κ1) is 26.8. The van der Waals surface area contributed by atoms with Crippen LogP contribution in [0.5, 0.6) is 23.0 Å². The van der Waals surface area contributed by atoms with Gasteiger partial charge < -0.3 is 9.47 Å². The molecule has 2 aliphatic rings. The maximum Gasteiger partial charge on any atom is 0.260 e. The van der Waals surface area contributed by atoms with Crippen LogP contribution in [0.2, 0.25) is 0 Å². The third-order valence-electron chi connectivity index (χ3n) is 9.95. The van der Waals surface area contributed by atoms with Crippen LogP contribution in [0, 0.1) is 0 Å². The topological polar surface area (TPSA) is 18.5 Å². The summed E-state index contributed by atoms with van der Waals surface area (Å²) in [5.74, 6) is 3.57. The van der Waals surface area contributed by atoms with E-state index in [-0.39, 0.29) is 6.71 Å². The van der Waals surface area contributed by atoms with Gasteiger partial charge in [-0.15, -0.1) is 11.3 Å². The maximum atomic E-state index is 6.86. The van der Waals surface area contributed by atoms with E-state index in [2.05, 4.69) is 164 Å². The predicted molar refractivity (Wildman–Crippen MR) is 201 cm³/mol. The van der Waals surface area contributed by atoms with E-state index in [1.165, 1.54) is 51.8 Å². The lowest BCUT2D eigenvalue weighted by atomic mass is 9.35. The Bertz CT molecular complexity index is 2380. The molecular formula is C42H27BO2SSi. The molecule has 2 aliphatic heterocycles. The van der Waals surface area contributed by atoms with Crippen molar-refractivity contribution >= 4 is 83.4 Å². The Balaban J connectivity index is 1.34. The molecule has 0 N–H and O–H groups in total. The summed E-state index contributed by atoms with van der Waals surface area (Å²) in [7, 11) is -2.96. The molecule has 8 aromatic rings. The fourth-order valence-corrected chi connectivity index (χ4v) is 14.6. The molecule has 3 heterocycles. The van der Waals surface area contributed by atoms with Gasteiger partial charge in [0, 0.05) is 25.6 Å². The number of benzene rings is 7. The number of hydrogen-bond acceptors (Lipinski definition) is 3. The van der Waals surface area contributed by atoms with Gasteiger partial charge >= 0.3 is 0 Å². The molecule has 5 heteroatoms. The van der Waals surface area contributed by atoms with Crippen LogP contribution in [0.3, 0.4) is 0 Å². The highest BCUT2D eigenvalue weighted by atomic mass is 32.1. The Morgan fingerprint density at radius 3 is 1.62 bits per heavy atom. The second-order valence-electron chi connectivity index (χ2n) is 12.4. The predicted octanol–water partition coefficient (Wildman–Crippen LogP) is 6.16. The monoisotopic (exact) mass is 634 g/mol. The summed E-state index contributed by atoms with van der Waals surface area (Å²) in [4.78, 5) is 0. The zero-order valence-electron chi connectivity index (χ0n) is 25.4. The molecule has 0 saturated carbocycles. The minimum atomic E-state index is -2.96. The normalized spacial score (nSPS) is 13.0. The van der Waals surface area contributed by atoms with Crippen LogP contribution in [0.25, 0.3) is 20.2 Å². The molecule has 2 nitrogen and oxygen atoms in total. The van der Waals surface area contributed by atoms with E-state index in [0.717, 1.165) is 28.5 Å². The lowest BCUT2D eigenvalue weighted by Gasteiger charge is -2.38. The van der Waals surface area contributed by atoms with Gasteiger partial charge in [0.2, 0.25) is 0 Å². The van der Waals surface area contributed by atoms with E-state index in [0.29, 0.717) is 0 Å². The summed E-state index contributed by atoms with van der Waals surface area (Å²) in [6.45, 7) is 0.0412. The second-order valence-corrected chi connectivity index (χ2v) is 17.2. The third-order valence-corrected chi connectivity index (χ3v) is 16.1. The Kier molecular flexibility index (Phi) is 5.89. The van der Waals surface area contributed by atoms with Crippen LogP contribution >= 0.6 is 11.3 Å². The molecule has 0 amide bonds. The lowest BCUT2D eigenvalue weighted by molar-refractivity contribution is 0.465. The molecule has 0 spiro atoms. The lowest BCUT2D eigenvalue weighted by Crippen LogP contribution is -2.75. The van der Waals surface area contributed by atoms with Gasteiger partial charge in [-0.05, 0) is 62.0 Å². The van der Waals surface area contributed by atoms with Crippen molar-refractivity contribution in [3.8, 4) is 23.0 Å². The van der Waals surface area contributed by atoms with Crippen molar-refractivity contribution < 1.29 is 9.47 Å². The molecular weight excluding hydrogens is 607 g/mol. The van der Waals surface area contributed by atoms with E-state index in [9.17, 15) is 0 Å². The second kappa shape index (κ2) is 10.3. The largest absolute Gasteiger partial charge is 0.458 e. The van der Waals surface area contributed by atoms with Crippen LogP contribution in [0.1, 0.15) is 0 Å². The molecule has 0 saturated heterocycles. The molecule has 220 valence electrons. The van der Waals surface area contributed by atoms with Crippen molar-refractivity contribution in [3.63, 3.8) is 0 Å². The number of ether oxygens (including phenoxy) is 2. The van der Waals surface area contributed by atoms with Gasteiger partial charge in [-0.3, -0.25) is 0 Å². The van der Waals surface area contributed by atoms with E-state index in [1.807, 2.05) is 11.3 Å². The Labute approximate surface area is 278 Å². The highest BCUT2D eigenvalue weighted by Gasteiger charge is 2.46. The molecule has 1 aromatic heterocycles. The number of hydrogen-bond donors (Lipinski definition) is 0. The summed E-state index contributed by atoms with van der Waals surface area (Å²) in [6.07, 6.45) is 0. The van der Waals surface area contributed by atoms with E-state index >= 15 is 0 Å². The van der Waals surface area contributed by atoms with Crippen molar-refractivity contribution in [2.24, 2.45) is 0 Å². The fraction of sp³-hybridized carbons (Fsp3) is 0. The van der Waals surface area contributed by atoms with Gasteiger partial charge in [-0.1, -0.05) is 133 Å². The number of para-hydroxylation sites is 2. The Morgan fingerprint density at radius 1 is 0.447 bits per heavy atom. The minimum absolute atomic E-state index is 0.0412. The van der Waals surface area contributed by atoms with Crippen molar-refractivity contribution in [3.05, 3.63) is 164 Å². The van der Waals surface area contributed by atoms with Crippen LogP contribution in [-0.4, -0.2) is 14.8 Å². The van der Waals surface area contributed by atoms with Crippen molar-refractivity contribution in [2.45, 2.75) is 0 Å². The van der Waals surface area contributed by atoms with Gasteiger partial charge in [0.25, 0.3) is 6.71 Å². The van der Waals surface area contributed by atoms with Gasteiger partial charge in [0.05, 0.1) is 0 Å². The molecule has 0 aliphatic carbocycles. The molecule has 0 radical (unpaired) electrons. The maximum absolute atomic E-state index is 6.86. The zero-order chi connectivity index (χ0) is 31.0. The van der Waals surface area contributed by atoms with Gasteiger partial charge in [0.1, 0.15) is 23.0 Å². The summed E-state index contributed by atoms with van der Waals surface area (Å²) < 4.78 is 16.4. The van der Waals surface area contributed by atoms with E-state index in [1.54, 1.807) is 0 Å². The Morgan fingerprint density at radius 2 is 0.979 bits per heavy atom. The van der Waals surface area contributed by atoms with Gasteiger partial charge in [-0.2, -0.15) is 0 Å². The molecule has 0 fully saturated rings. The SMILES string of the molecule is c1ccc([Si](c2ccccc2)(c2cc3c4c(c2)Oc2ccccc2B4c2ccccc2O3)c2cccc3c2sc2ccccc23)cc1. The summed E-state index contributed by atoms with van der Waals surface area (Å²) in [5, 5.41) is 7.89. The summed E-state index contributed by atoms with van der Waals surface area (Å²) in [6, 6.07) is 59.6. The highest BCUT2D eigenvalue weighted by Crippen LogP contribution is 2.36. The molecule has 7 aromatic carbocycles. The quantitative estimate of drug-likeness (QED) is 0.171. The average Bonchev–Trinajstić information content (AvgIpc) is 3.52. The first-order chi connectivity index (χ1) is 23.3. The van der Waals surface area contributed by atoms with Gasteiger partial charge in [0.15, 0.2) is 8.07 Å². The molecule has 0 unspecified atom stereocenters. The van der Waals surface area contributed by atoms with Crippen molar-refractivity contribution in [2.75, 3.05) is 0 Å². The zero-order valence-corrected chi connectivity index (χ0v) is 27.2. The number of thiophene rings is 1. The summed E-state index contributed by atoms with van der Waals surface area (Å²) >= 11 is 1.90. The highest BCUT2D eigenvalue weighted by molar-refractivity contribution is 7.30. The standard InChI is InChI=1S/C42H27BO2SSi/c1-3-14-28(15-4-1)47(29-16-5-2-6-17-29,40-25-13-19-32-31-18-7-12-24-39(31)46-42(32)40)30-26-37-41-38(27-30)45-36-23-11-9-21-34(36)43(41)33-20-8-10-22-35(33)44-37/h1-27H. The number of rotatable bonds is 4. The molecule has 47 heavy (non-hydrogen) atoms. The first-order valence-corrected chi connectivity index (χ1v) is 18.9. The van der Waals surface area contributed by atoms with Crippen LogP contribution in [-0.2, 0) is 0 Å². The smallest absolute Gasteiger partial charge is 0.260 e. The Hall–Kier alpha value is -5.36.